The molecule has 1 aliphatic carbocycles. The third kappa shape index (κ3) is 2.97. The maximum absolute atomic E-state index is 12.7. The minimum absolute atomic E-state index is 0.235. The van der Waals surface area contributed by atoms with Crippen molar-refractivity contribution in [2.75, 3.05) is 13.1 Å². The van der Waals surface area contributed by atoms with Crippen molar-refractivity contribution in [2.24, 2.45) is 0 Å². The van der Waals surface area contributed by atoms with Crippen LogP contribution in [-0.4, -0.2) is 31.8 Å². The van der Waals surface area contributed by atoms with Gasteiger partial charge in [-0.3, -0.25) is 9.69 Å². The van der Waals surface area contributed by atoms with Crippen LogP contribution < -0.4 is 0 Å². The summed E-state index contributed by atoms with van der Waals surface area (Å²) in [7, 11) is -1.68. The van der Waals surface area contributed by atoms with Crippen LogP contribution in [0.3, 0.4) is 0 Å². The van der Waals surface area contributed by atoms with Gasteiger partial charge >= 0.3 is 0 Å². The fraction of sp³-hybridized carbons (Fsp3) is 0.550. The molecule has 2 aliphatic rings. The predicted molar refractivity (Wildman–Crippen MR) is 99.3 cm³/mol. The largest absolute Gasteiger partial charge is 0.299 e. The summed E-state index contributed by atoms with van der Waals surface area (Å²) < 4.78 is 0. The molecule has 0 radical (unpaired) electrons. The second-order valence-electron chi connectivity index (χ2n) is 8.81. The van der Waals surface area contributed by atoms with Crippen LogP contribution in [0.1, 0.15) is 32.8 Å². The Morgan fingerprint density at radius 2 is 1.78 bits per heavy atom. The van der Waals surface area contributed by atoms with E-state index in [1.807, 2.05) is 0 Å². The lowest BCUT2D eigenvalue weighted by Gasteiger charge is -2.42. The smallest absolute Gasteiger partial charge is 0.141 e. The molecule has 1 heterocycles. The first-order chi connectivity index (χ1) is 10.7. The molecule has 1 atom stereocenters. The zero-order chi connectivity index (χ0) is 16.8. The number of ketones is 1. The SMILES string of the molecule is CC(C)(C)[Si](C)(C)C1C(=O)CC2=C1CN(Cc1ccccc1)C2. The molecule has 0 fully saturated rings. The van der Waals surface area contributed by atoms with E-state index < -0.39 is 8.07 Å². The minimum Gasteiger partial charge on any atom is -0.299 e. The highest BCUT2D eigenvalue weighted by molar-refractivity contribution is 6.85. The molecule has 2 nitrogen and oxygen atoms in total. The third-order valence-electron chi connectivity index (χ3n) is 6.22. The number of likely N-dealkylation sites (tertiary alicyclic amines) is 1. The van der Waals surface area contributed by atoms with E-state index in [0.717, 1.165) is 19.6 Å². The third-order valence-corrected chi connectivity index (χ3v) is 12.2. The van der Waals surface area contributed by atoms with Crippen molar-refractivity contribution >= 4 is 13.9 Å². The summed E-state index contributed by atoms with van der Waals surface area (Å²) in [6.07, 6.45) is 0.706. The Hall–Kier alpha value is -1.19. The number of carbonyl (C=O) groups is 1. The average Bonchev–Trinajstić information content (AvgIpc) is 2.93. The van der Waals surface area contributed by atoms with Gasteiger partial charge in [-0.25, -0.2) is 0 Å². The molecule has 0 N–H and O–H groups in total. The van der Waals surface area contributed by atoms with E-state index in [1.165, 1.54) is 16.7 Å². The van der Waals surface area contributed by atoms with Crippen LogP contribution in [0.2, 0.25) is 23.7 Å². The number of nitrogens with zero attached hydrogens (tertiary/aromatic N) is 1. The number of hydrogen-bond acceptors (Lipinski definition) is 2. The van der Waals surface area contributed by atoms with Crippen LogP contribution in [0.5, 0.6) is 0 Å². The molecule has 0 saturated heterocycles. The Bertz CT molecular complexity index is 639. The topological polar surface area (TPSA) is 20.3 Å². The number of carbonyl (C=O) groups excluding carboxylic acids is 1. The fourth-order valence-corrected chi connectivity index (χ4v) is 6.92. The van der Waals surface area contributed by atoms with Crippen LogP contribution in [-0.2, 0) is 11.3 Å². The van der Waals surface area contributed by atoms with Crippen molar-refractivity contribution in [3.63, 3.8) is 0 Å². The summed E-state index contributed by atoms with van der Waals surface area (Å²) in [6, 6.07) is 10.7. The molecular weight excluding hydrogens is 298 g/mol. The average molecular weight is 328 g/mol. The standard InChI is InChI=1S/C20H29NOSi/c1-20(2,3)23(4,5)19-17-14-21(13-16(17)11-18(19)22)12-15-9-7-6-8-10-15/h6-10,19H,11-14H2,1-5H3. The van der Waals surface area contributed by atoms with Crippen LogP contribution in [0.25, 0.3) is 0 Å². The first kappa shape index (κ1) is 16.7. The molecule has 1 unspecified atom stereocenters. The Labute approximate surface area is 141 Å². The number of hydrogen-bond donors (Lipinski definition) is 0. The summed E-state index contributed by atoms with van der Waals surface area (Å²) in [5.74, 6) is 0.501. The number of rotatable bonds is 3. The summed E-state index contributed by atoms with van der Waals surface area (Å²) in [6.45, 7) is 14.8. The fourth-order valence-electron chi connectivity index (χ4n) is 3.98. The molecular formula is C20H29NOSi. The van der Waals surface area contributed by atoms with E-state index in [4.69, 9.17) is 0 Å². The second-order valence-corrected chi connectivity index (χ2v) is 14.3. The van der Waals surface area contributed by atoms with E-state index in [2.05, 4.69) is 69.1 Å². The van der Waals surface area contributed by atoms with Gasteiger partial charge in [0, 0.05) is 31.6 Å². The molecule has 1 aromatic carbocycles. The van der Waals surface area contributed by atoms with Crippen molar-refractivity contribution in [1.82, 2.24) is 4.90 Å². The molecule has 3 rings (SSSR count). The van der Waals surface area contributed by atoms with E-state index in [1.54, 1.807) is 0 Å². The highest BCUT2D eigenvalue weighted by Crippen LogP contribution is 2.52. The number of benzene rings is 1. The lowest BCUT2D eigenvalue weighted by Crippen LogP contribution is -2.45. The molecule has 124 valence electrons. The molecule has 0 saturated carbocycles. The van der Waals surface area contributed by atoms with Crippen molar-refractivity contribution in [2.45, 2.75) is 57.4 Å². The molecule has 3 heteroatoms. The van der Waals surface area contributed by atoms with Gasteiger partial charge < -0.3 is 0 Å². The van der Waals surface area contributed by atoms with Crippen molar-refractivity contribution in [3.8, 4) is 0 Å². The minimum atomic E-state index is -1.68. The maximum Gasteiger partial charge on any atom is 0.141 e. The Kier molecular flexibility index (Phi) is 4.14. The zero-order valence-electron chi connectivity index (χ0n) is 15.1. The first-order valence-electron chi connectivity index (χ1n) is 8.70. The van der Waals surface area contributed by atoms with Crippen LogP contribution >= 0.6 is 0 Å². The van der Waals surface area contributed by atoms with Gasteiger partial charge in [0.05, 0.1) is 8.07 Å². The van der Waals surface area contributed by atoms with Gasteiger partial charge in [-0.2, -0.15) is 0 Å². The van der Waals surface area contributed by atoms with E-state index in [9.17, 15) is 4.79 Å². The normalized spacial score (nSPS) is 22.8. The Morgan fingerprint density at radius 1 is 1.13 bits per heavy atom. The van der Waals surface area contributed by atoms with Crippen LogP contribution in [0.4, 0.5) is 0 Å². The monoisotopic (exact) mass is 327 g/mol. The van der Waals surface area contributed by atoms with Gasteiger partial charge in [0.15, 0.2) is 0 Å². The van der Waals surface area contributed by atoms with Crippen molar-refractivity contribution in [1.29, 1.82) is 0 Å². The van der Waals surface area contributed by atoms with Crippen molar-refractivity contribution in [3.05, 3.63) is 47.0 Å². The quantitative estimate of drug-likeness (QED) is 0.595. The molecule has 1 aliphatic heterocycles. The highest BCUT2D eigenvalue weighted by Gasteiger charge is 2.51. The van der Waals surface area contributed by atoms with Gasteiger partial charge in [0.2, 0.25) is 0 Å². The first-order valence-corrected chi connectivity index (χ1v) is 11.8. The summed E-state index contributed by atoms with van der Waals surface area (Å²) in [5, 5.41) is 0.253. The van der Waals surface area contributed by atoms with Gasteiger partial charge in [-0.05, 0) is 21.7 Å². The lowest BCUT2D eigenvalue weighted by molar-refractivity contribution is -0.117. The summed E-state index contributed by atoms with van der Waals surface area (Å²) in [5.41, 5.74) is 4.51. The molecule has 23 heavy (non-hydrogen) atoms. The van der Waals surface area contributed by atoms with E-state index in [-0.39, 0.29) is 10.6 Å². The molecule has 0 spiro atoms. The molecule has 0 aromatic heterocycles. The second kappa shape index (κ2) is 5.71. The van der Waals surface area contributed by atoms with Crippen LogP contribution in [0.15, 0.2) is 41.5 Å². The Balaban J connectivity index is 1.78. The summed E-state index contributed by atoms with van der Waals surface area (Å²) >= 11 is 0. The van der Waals surface area contributed by atoms with Gasteiger partial charge in [-0.15, -0.1) is 0 Å². The number of Topliss-reactive ketones (excluding diaryl/α,β-unsaturated/α-hetero) is 1. The maximum atomic E-state index is 12.7. The molecule has 0 amide bonds. The predicted octanol–water partition coefficient (Wildman–Crippen LogP) is 4.65. The lowest BCUT2D eigenvalue weighted by atomic mass is 10.2. The van der Waals surface area contributed by atoms with Gasteiger partial charge in [0.25, 0.3) is 0 Å². The van der Waals surface area contributed by atoms with E-state index in [0.29, 0.717) is 12.2 Å². The summed E-state index contributed by atoms with van der Waals surface area (Å²) in [4.78, 5) is 15.2. The zero-order valence-corrected chi connectivity index (χ0v) is 16.1. The van der Waals surface area contributed by atoms with Crippen LogP contribution in [0, 0.1) is 0 Å². The Morgan fingerprint density at radius 3 is 2.39 bits per heavy atom. The molecule has 1 aromatic rings. The highest BCUT2D eigenvalue weighted by atomic mass is 28.3. The van der Waals surface area contributed by atoms with Gasteiger partial charge in [0.1, 0.15) is 5.78 Å². The van der Waals surface area contributed by atoms with E-state index >= 15 is 0 Å². The molecule has 0 bridgehead atoms. The van der Waals surface area contributed by atoms with Crippen molar-refractivity contribution < 1.29 is 4.79 Å². The van der Waals surface area contributed by atoms with Gasteiger partial charge in [-0.1, -0.05) is 64.2 Å².